The molecule has 1 aliphatic rings. The highest BCUT2D eigenvalue weighted by atomic mass is 15.4. The van der Waals surface area contributed by atoms with Crippen LogP contribution in [0, 0.1) is 6.92 Å². The van der Waals surface area contributed by atoms with Crippen molar-refractivity contribution >= 4 is 28.6 Å². The summed E-state index contributed by atoms with van der Waals surface area (Å²) >= 11 is 0. The highest BCUT2D eigenvalue weighted by Gasteiger charge is 2.35. The number of aryl methyl sites for hydroxylation is 1. The fourth-order valence-corrected chi connectivity index (χ4v) is 5.27. The molecular formula is C31H42N8. The van der Waals surface area contributed by atoms with E-state index in [1.54, 1.807) is 0 Å². The molecule has 0 bridgehead atoms. The molecule has 0 unspecified atom stereocenters. The molecule has 1 saturated heterocycles. The summed E-state index contributed by atoms with van der Waals surface area (Å²) < 4.78 is 2.15. The van der Waals surface area contributed by atoms with E-state index in [1.165, 1.54) is 16.7 Å². The van der Waals surface area contributed by atoms with Crippen LogP contribution < -0.4 is 10.2 Å². The van der Waals surface area contributed by atoms with Crippen molar-refractivity contribution in [1.29, 1.82) is 0 Å². The van der Waals surface area contributed by atoms with Gasteiger partial charge in [-0.3, -0.25) is 9.88 Å². The van der Waals surface area contributed by atoms with Gasteiger partial charge < -0.3 is 14.8 Å². The Morgan fingerprint density at radius 2 is 1.77 bits per heavy atom. The van der Waals surface area contributed by atoms with Gasteiger partial charge in [-0.1, -0.05) is 32.9 Å². The first-order valence-electron chi connectivity index (χ1n) is 13.9. The third kappa shape index (κ3) is 5.62. The Bertz CT molecular complexity index is 1450. The van der Waals surface area contributed by atoms with Crippen molar-refractivity contribution in [3.8, 4) is 0 Å². The number of aromatic nitrogens is 5. The topological polar surface area (TPSA) is 75.0 Å². The number of fused-ring (bicyclic) bond motifs is 1. The van der Waals surface area contributed by atoms with Crippen LogP contribution in [0.1, 0.15) is 71.2 Å². The Labute approximate surface area is 232 Å². The molecule has 8 heteroatoms. The summed E-state index contributed by atoms with van der Waals surface area (Å²) in [6.07, 6.45) is 5.62. The number of hydrogen-bond acceptors (Lipinski definition) is 7. The van der Waals surface area contributed by atoms with Gasteiger partial charge in [0.25, 0.3) is 0 Å². The molecule has 5 rings (SSSR count). The van der Waals surface area contributed by atoms with Gasteiger partial charge in [0.15, 0.2) is 11.5 Å². The lowest BCUT2D eigenvalue weighted by molar-refractivity contribution is 0.0956. The molecule has 1 aromatic carbocycles. The molecule has 0 spiro atoms. The highest BCUT2D eigenvalue weighted by molar-refractivity contribution is 5.87. The number of nitrogens with one attached hydrogen (secondary N) is 1. The van der Waals surface area contributed by atoms with E-state index in [0.29, 0.717) is 0 Å². The first kappa shape index (κ1) is 27.1. The van der Waals surface area contributed by atoms with E-state index in [-0.39, 0.29) is 17.0 Å². The molecule has 4 heterocycles. The van der Waals surface area contributed by atoms with Crippen LogP contribution in [0.4, 0.5) is 17.5 Å². The number of hydrogen-bond donors (Lipinski definition) is 1. The van der Waals surface area contributed by atoms with Crippen LogP contribution in [0.5, 0.6) is 0 Å². The van der Waals surface area contributed by atoms with Crippen molar-refractivity contribution in [3.05, 3.63) is 65.7 Å². The maximum absolute atomic E-state index is 5.16. The molecule has 0 aliphatic carbocycles. The molecule has 0 radical (unpaired) electrons. The van der Waals surface area contributed by atoms with E-state index in [9.17, 15) is 0 Å². The van der Waals surface area contributed by atoms with Gasteiger partial charge >= 0.3 is 0 Å². The van der Waals surface area contributed by atoms with Gasteiger partial charge in [-0.05, 0) is 74.9 Å². The van der Waals surface area contributed by atoms with Crippen molar-refractivity contribution in [2.45, 2.75) is 78.9 Å². The lowest BCUT2D eigenvalue weighted by atomic mass is 9.86. The van der Waals surface area contributed by atoms with Crippen molar-refractivity contribution in [2.24, 2.45) is 0 Å². The van der Waals surface area contributed by atoms with Crippen LogP contribution in [0.2, 0.25) is 0 Å². The van der Waals surface area contributed by atoms with Crippen LogP contribution in [-0.2, 0) is 12.0 Å². The Hall–Kier alpha value is -3.52. The molecule has 1 aliphatic heterocycles. The zero-order valence-electron chi connectivity index (χ0n) is 24.7. The minimum atomic E-state index is -0.0532. The lowest BCUT2D eigenvalue weighted by Gasteiger charge is -2.47. The molecule has 0 atom stereocenters. The highest BCUT2D eigenvalue weighted by Crippen LogP contribution is 2.33. The third-order valence-corrected chi connectivity index (χ3v) is 7.81. The first-order valence-corrected chi connectivity index (χ1v) is 13.9. The molecule has 3 aromatic heterocycles. The minimum Gasteiger partial charge on any atom is -0.338 e. The predicted molar refractivity (Wildman–Crippen MR) is 160 cm³/mol. The largest absolute Gasteiger partial charge is 0.338 e. The maximum Gasteiger partial charge on any atom is 0.229 e. The van der Waals surface area contributed by atoms with E-state index in [2.05, 4.69) is 110 Å². The number of piperazine rings is 1. The Morgan fingerprint density at radius 1 is 1.03 bits per heavy atom. The first-order chi connectivity index (χ1) is 18.4. The monoisotopic (exact) mass is 526 g/mol. The SMILES string of the molecule is Cc1ccc(C(C)(C)C)cc1Nc1nc(N2CCN(Cc3ccncc3)C(C)(C)C2)nc2ncn(C(C)C)c12. The van der Waals surface area contributed by atoms with E-state index in [4.69, 9.17) is 15.0 Å². The van der Waals surface area contributed by atoms with Gasteiger partial charge in [-0.2, -0.15) is 9.97 Å². The second kappa shape index (κ2) is 10.2. The third-order valence-electron chi connectivity index (χ3n) is 7.81. The summed E-state index contributed by atoms with van der Waals surface area (Å²) in [7, 11) is 0. The zero-order valence-corrected chi connectivity index (χ0v) is 24.7. The normalized spacial score (nSPS) is 16.3. The quantitative estimate of drug-likeness (QED) is 0.318. The Morgan fingerprint density at radius 3 is 2.44 bits per heavy atom. The Kier molecular flexibility index (Phi) is 7.10. The zero-order chi connectivity index (χ0) is 27.9. The summed E-state index contributed by atoms with van der Waals surface area (Å²) in [6.45, 7) is 21.3. The van der Waals surface area contributed by atoms with Crippen LogP contribution >= 0.6 is 0 Å². The van der Waals surface area contributed by atoms with Crippen molar-refractivity contribution in [1.82, 2.24) is 29.4 Å². The second-order valence-electron chi connectivity index (χ2n) is 12.7. The average molecular weight is 527 g/mol. The van der Waals surface area contributed by atoms with Gasteiger partial charge in [-0.15, -0.1) is 0 Å². The Balaban J connectivity index is 1.50. The summed E-state index contributed by atoms with van der Waals surface area (Å²) in [5.74, 6) is 1.52. The molecule has 39 heavy (non-hydrogen) atoms. The van der Waals surface area contributed by atoms with Crippen LogP contribution in [0.25, 0.3) is 11.2 Å². The van der Waals surface area contributed by atoms with Crippen LogP contribution in [0.3, 0.4) is 0 Å². The summed E-state index contributed by atoms with van der Waals surface area (Å²) in [4.78, 5) is 23.9. The molecule has 0 amide bonds. The van der Waals surface area contributed by atoms with E-state index < -0.39 is 0 Å². The van der Waals surface area contributed by atoms with Crippen LogP contribution in [-0.4, -0.2) is 54.6 Å². The van der Waals surface area contributed by atoms with Gasteiger partial charge in [0, 0.05) is 55.8 Å². The second-order valence-corrected chi connectivity index (χ2v) is 12.7. The number of anilines is 3. The van der Waals surface area contributed by atoms with Gasteiger partial charge in [0.2, 0.25) is 5.95 Å². The number of nitrogens with zero attached hydrogens (tertiary/aromatic N) is 7. The summed E-state index contributed by atoms with van der Waals surface area (Å²) in [5, 5.41) is 3.70. The number of pyridine rings is 1. The molecule has 206 valence electrons. The maximum atomic E-state index is 5.16. The lowest BCUT2D eigenvalue weighted by Crippen LogP contribution is -2.59. The molecular weight excluding hydrogens is 484 g/mol. The summed E-state index contributed by atoms with van der Waals surface area (Å²) in [6, 6.07) is 11.1. The number of rotatable bonds is 6. The van der Waals surface area contributed by atoms with E-state index >= 15 is 0 Å². The molecule has 4 aromatic rings. The molecule has 0 saturated carbocycles. The minimum absolute atomic E-state index is 0.0531. The van der Waals surface area contributed by atoms with Crippen molar-refractivity contribution in [3.63, 3.8) is 0 Å². The van der Waals surface area contributed by atoms with E-state index in [1.807, 2.05) is 18.7 Å². The van der Waals surface area contributed by atoms with E-state index in [0.717, 1.165) is 54.8 Å². The fraction of sp³-hybridized carbons (Fsp3) is 0.484. The molecule has 1 fully saturated rings. The standard InChI is InChI=1S/C31H42N8/c1-21(2)39-20-33-27-26(39)28(34-25-17-24(30(4,5)6)10-9-22(25)3)36-29(35-27)37-15-16-38(31(7,8)19-37)18-23-11-13-32-14-12-23/h9-14,17,20-21H,15-16,18-19H2,1-8H3,(H,34,35,36). The van der Waals surface area contributed by atoms with Gasteiger partial charge in [0.05, 0.1) is 6.33 Å². The van der Waals surface area contributed by atoms with Gasteiger partial charge in [-0.25, -0.2) is 4.98 Å². The van der Waals surface area contributed by atoms with Gasteiger partial charge in [0.1, 0.15) is 5.52 Å². The van der Waals surface area contributed by atoms with Crippen molar-refractivity contribution in [2.75, 3.05) is 29.9 Å². The van der Waals surface area contributed by atoms with Crippen LogP contribution in [0.15, 0.2) is 49.1 Å². The molecule has 1 N–H and O–H groups in total. The number of benzene rings is 1. The van der Waals surface area contributed by atoms with Crippen molar-refractivity contribution < 1.29 is 0 Å². The average Bonchev–Trinajstić information content (AvgIpc) is 3.31. The molecule has 8 nitrogen and oxygen atoms in total. The fourth-order valence-electron chi connectivity index (χ4n) is 5.27. The smallest absolute Gasteiger partial charge is 0.229 e. The predicted octanol–water partition coefficient (Wildman–Crippen LogP) is 6.25. The summed E-state index contributed by atoms with van der Waals surface area (Å²) in [5.41, 5.74) is 6.46. The number of imidazole rings is 1.